The van der Waals surface area contributed by atoms with E-state index in [4.69, 9.17) is 0 Å². The normalized spacial score (nSPS) is 19.6. The van der Waals surface area contributed by atoms with Crippen molar-refractivity contribution in [1.29, 1.82) is 0 Å². The van der Waals surface area contributed by atoms with Gasteiger partial charge in [0.25, 0.3) is 0 Å². The lowest BCUT2D eigenvalue weighted by atomic mass is 10.2. The molecule has 0 aliphatic heterocycles. The summed E-state index contributed by atoms with van der Waals surface area (Å²) in [5.74, 6) is -0.294. The Morgan fingerprint density at radius 3 is 2.36 bits per heavy atom. The number of urea groups is 1. The molecule has 0 heterocycles. The van der Waals surface area contributed by atoms with Crippen molar-refractivity contribution in [1.82, 2.24) is 16.0 Å². The van der Waals surface area contributed by atoms with Gasteiger partial charge in [-0.2, -0.15) is 0 Å². The first-order valence-corrected chi connectivity index (χ1v) is 4.77. The Balaban J connectivity index is 2.32. The van der Waals surface area contributed by atoms with E-state index >= 15 is 0 Å². The van der Waals surface area contributed by atoms with E-state index < -0.39 is 6.03 Å². The Morgan fingerprint density at radius 2 is 1.93 bits per heavy atom. The van der Waals surface area contributed by atoms with Gasteiger partial charge in [-0.05, 0) is 26.7 Å². The number of imide groups is 1. The van der Waals surface area contributed by atoms with E-state index in [-0.39, 0.29) is 17.5 Å². The molecule has 0 aromatic carbocycles. The summed E-state index contributed by atoms with van der Waals surface area (Å²) in [4.78, 5) is 22.2. The van der Waals surface area contributed by atoms with Gasteiger partial charge in [-0.1, -0.05) is 0 Å². The molecule has 1 saturated carbocycles. The van der Waals surface area contributed by atoms with Crippen LogP contribution in [0.1, 0.15) is 26.7 Å². The molecule has 0 aromatic heterocycles. The number of carbonyl (C=O) groups is 2. The topological polar surface area (TPSA) is 70.2 Å². The molecule has 0 spiro atoms. The van der Waals surface area contributed by atoms with Crippen LogP contribution in [0.3, 0.4) is 0 Å². The molecule has 14 heavy (non-hydrogen) atoms. The predicted octanol–water partition coefficient (Wildman–Crippen LogP) is -0.0274. The third-order valence-corrected chi connectivity index (χ3v) is 2.42. The van der Waals surface area contributed by atoms with Crippen molar-refractivity contribution in [2.75, 3.05) is 7.05 Å². The smallest absolute Gasteiger partial charge is 0.321 e. The molecule has 3 N–H and O–H groups in total. The third-order valence-electron chi connectivity index (χ3n) is 2.42. The van der Waals surface area contributed by atoms with Crippen molar-refractivity contribution in [2.45, 2.75) is 38.3 Å². The molecule has 1 rings (SSSR count). The Hall–Kier alpha value is -1.10. The van der Waals surface area contributed by atoms with Gasteiger partial charge in [0.15, 0.2) is 0 Å². The minimum absolute atomic E-state index is 0.0967. The molecule has 5 nitrogen and oxygen atoms in total. The Labute approximate surface area is 83.6 Å². The van der Waals surface area contributed by atoms with Crippen LogP contribution in [0.2, 0.25) is 0 Å². The monoisotopic (exact) mass is 199 g/mol. The molecule has 5 heteroatoms. The molecule has 80 valence electrons. The van der Waals surface area contributed by atoms with E-state index in [1.54, 1.807) is 6.92 Å². The SMILES string of the molecule is CNC(=O)NC(=O)C(C)NC1(C)CC1. The molecule has 1 fully saturated rings. The van der Waals surface area contributed by atoms with E-state index in [0.717, 1.165) is 12.8 Å². The van der Waals surface area contributed by atoms with Gasteiger partial charge >= 0.3 is 6.03 Å². The highest BCUT2D eigenvalue weighted by Crippen LogP contribution is 2.34. The van der Waals surface area contributed by atoms with Crippen LogP contribution in [0.5, 0.6) is 0 Å². The third kappa shape index (κ3) is 2.99. The molecule has 1 atom stereocenters. The standard InChI is InChI=1S/C9H17N3O2/c1-6(12-9(2)4-5-9)7(13)11-8(14)10-3/h6,12H,4-5H2,1-3H3,(H2,10,11,13,14). The van der Waals surface area contributed by atoms with Crippen molar-refractivity contribution in [3.8, 4) is 0 Å². The van der Waals surface area contributed by atoms with Crippen LogP contribution in [0.25, 0.3) is 0 Å². The Morgan fingerprint density at radius 1 is 1.36 bits per heavy atom. The fraction of sp³-hybridized carbons (Fsp3) is 0.778. The first kappa shape index (κ1) is 11.0. The zero-order chi connectivity index (χ0) is 10.8. The van der Waals surface area contributed by atoms with E-state index in [1.807, 2.05) is 0 Å². The molecular formula is C9H17N3O2. The van der Waals surface area contributed by atoms with E-state index in [0.29, 0.717) is 0 Å². The highest BCUT2D eigenvalue weighted by atomic mass is 16.2. The number of carbonyl (C=O) groups excluding carboxylic acids is 2. The van der Waals surface area contributed by atoms with E-state index in [9.17, 15) is 9.59 Å². The summed E-state index contributed by atoms with van der Waals surface area (Å²) in [5.41, 5.74) is 0.0967. The van der Waals surface area contributed by atoms with Crippen molar-refractivity contribution in [2.24, 2.45) is 0 Å². The fourth-order valence-electron chi connectivity index (χ4n) is 1.20. The zero-order valence-electron chi connectivity index (χ0n) is 8.81. The van der Waals surface area contributed by atoms with Gasteiger partial charge in [-0.3, -0.25) is 10.1 Å². The van der Waals surface area contributed by atoms with E-state index in [1.165, 1.54) is 7.05 Å². The quantitative estimate of drug-likeness (QED) is 0.598. The lowest BCUT2D eigenvalue weighted by molar-refractivity contribution is -0.121. The minimum Gasteiger partial charge on any atom is -0.341 e. The number of amides is 3. The molecule has 1 aliphatic rings. The summed E-state index contributed by atoms with van der Waals surface area (Å²) in [7, 11) is 1.48. The number of hydrogen-bond donors (Lipinski definition) is 3. The number of hydrogen-bond acceptors (Lipinski definition) is 3. The van der Waals surface area contributed by atoms with Crippen molar-refractivity contribution in [3.05, 3.63) is 0 Å². The lowest BCUT2D eigenvalue weighted by Crippen LogP contribution is -2.50. The number of rotatable bonds is 3. The second kappa shape index (κ2) is 3.96. The highest BCUT2D eigenvalue weighted by Gasteiger charge is 2.39. The Bertz CT molecular complexity index is 248. The van der Waals surface area contributed by atoms with Gasteiger partial charge in [0.1, 0.15) is 0 Å². The summed E-state index contributed by atoms with van der Waals surface area (Å²) in [6.45, 7) is 3.82. The maximum absolute atomic E-state index is 11.4. The van der Waals surface area contributed by atoms with Crippen molar-refractivity contribution < 1.29 is 9.59 Å². The van der Waals surface area contributed by atoms with Gasteiger partial charge in [0, 0.05) is 12.6 Å². The number of nitrogens with one attached hydrogen (secondary N) is 3. The van der Waals surface area contributed by atoms with Gasteiger partial charge in [-0.15, -0.1) is 0 Å². The molecule has 0 bridgehead atoms. The predicted molar refractivity (Wildman–Crippen MR) is 52.8 cm³/mol. The zero-order valence-corrected chi connectivity index (χ0v) is 8.81. The summed E-state index contributed by atoms with van der Waals surface area (Å²) in [6, 6.07) is -0.801. The summed E-state index contributed by atoms with van der Waals surface area (Å²) in [6.07, 6.45) is 2.18. The van der Waals surface area contributed by atoms with Gasteiger partial charge in [0.05, 0.1) is 6.04 Å². The maximum Gasteiger partial charge on any atom is 0.321 e. The van der Waals surface area contributed by atoms with Crippen LogP contribution in [-0.2, 0) is 4.79 Å². The van der Waals surface area contributed by atoms with Gasteiger partial charge < -0.3 is 10.6 Å². The van der Waals surface area contributed by atoms with Crippen LogP contribution < -0.4 is 16.0 Å². The van der Waals surface area contributed by atoms with E-state index in [2.05, 4.69) is 22.9 Å². The van der Waals surface area contributed by atoms with Crippen LogP contribution in [-0.4, -0.2) is 30.6 Å². The van der Waals surface area contributed by atoms with Gasteiger partial charge in [0.2, 0.25) is 5.91 Å². The second-order valence-electron chi connectivity index (χ2n) is 4.00. The van der Waals surface area contributed by atoms with Crippen LogP contribution in [0.4, 0.5) is 4.79 Å². The van der Waals surface area contributed by atoms with Crippen LogP contribution in [0.15, 0.2) is 0 Å². The average Bonchev–Trinajstić information content (AvgIpc) is 2.82. The fourth-order valence-corrected chi connectivity index (χ4v) is 1.20. The van der Waals surface area contributed by atoms with Crippen LogP contribution >= 0.6 is 0 Å². The molecular weight excluding hydrogens is 182 g/mol. The summed E-state index contributed by atoms with van der Waals surface area (Å²) < 4.78 is 0. The Kier molecular flexibility index (Phi) is 3.10. The lowest BCUT2D eigenvalue weighted by Gasteiger charge is -2.17. The highest BCUT2D eigenvalue weighted by molar-refractivity contribution is 5.96. The molecule has 0 saturated heterocycles. The van der Waals surface area contributed by atoms with Crippen molar-refractivity contribution in [3.63, 3.8) is 0 Å². The second-order valence-corrected chi connectivity index (χ2v) is 4.00. The molecule has 0 radical (unpaired) electrons. The molecule has 1 aliphatic carbocycles. The molecule has 1 unspecified atom stereocenters. The summed E-state index contributed by atoms with van der Waals surface area (Å²) in [5, 5.41) is 7.73. The first-order valence-electron chi connectivity index (χ1n) is 4.77. The average molecular weight is 199 g/mol. The van der Waals surface area contributed by atoms with Crippen LogP contribution in [0, 0.1) is 0 Å². The molecule has 0 aromatic rings. The van der Waals surface area contributed by atoms with Crippen molar-refractivity contribution >= 4 is 11.9 Å². The maximum atomic E-state index is 11.4. The summed E-state index contributed by atoms with van der Waals surface area (Å²) >= 11 is 0. The first-order chi connectivity index (χ1) is 6.47. The largest absolute Gasteiger partial charge is 0.341 e. The van der Waals surface area contributed by atoms with Gasteiger partial charge in [-0.25, -0.2) is 4.79 Å². The molecule has 3 amide bonds. The minimum atomic E-state index is -0.468.